The SMILES string of the molecule is CC(=O)OC[C@]12[C@H](OC(C)=O)C(=O)C3[C@@H](OC(C)=O)[C@@]14O[C@@]3(C)COC(=O)c1cccnc1CC[C@@](C)(O)C(=O)O[C@@H]([C@H](OC(=O)c1ccccc1)[C@@H]2OC(C)=O)[C@]4(C)O. The van der Waals surface area contributed by atoms with E-state index in [1.165, 1.54) is 49.5 Å². The number of benzene rings is 1. The van der Waals surface area contributed by atoms with Gasteiger partial charge in [-0.05, 0) is 57.9 Å². The monoisotopic (exact) mass is 839 g/mol. The summed E-state index contributed by atoms with van der Waals surface area (Å²) >= 11 is 0. The van der Waals surface area contributed by atoms with Gasteiger partial charge in [-0.25, -0.2) is 14.4 Å². The molecule has 1 aromatic heterocycles. The van der Waals surface area contributed by atoms with Crippen LogP contribution in [0.4, 0.5) is 0 Å². The van der Waals surface area contributed by atoms with E-state index in [-0.39, 0.29) is 23.2 Å². The average Bonchev–Trinajstić information content (AvgIpc) is 3.40. The van der Waals surface area contributed by atoms with Crippen molar-refractivity contribution in [2.24, 2.45) is 11.3 Å². The van der Waals surface area contributed by atoms with Crippen molar-refractivity contribution in [2.75, 3.05) is 13.2 Å². The third-order valence-corrected chi connectivity index (χ3v) is 11.6. The number of cyclic esters (lactones) is 1. The molecule has 60 heavy (non-hydrogen) atoms. The lowest BCUT2D eigenvalue weighted by Gasteiger charge is -2.66. The molecule has 19 heteroatoms. The van der Waals surface area contributed by atoms with E-state index in [1.807, 2.05) is 0 Å². The fourth-order valence-corrected chi connectivity index (χ4v) is 9.17. The third-order valence-electron chi connectivity index (χ3n) is 11.6. The molecule has 322 valence electrons. The van der Waals surface area contributed by atoms with Gasteiger partial charge in [-0.3, -0.25) is 29.0 Å². The van der Waals surface area contributed by atoms with Gasteiger partial charge in [0, 0.05) is 33.9 Å². The number of carbonyl (C=O) groups excluding carboxylic acids is 8. The van der Waals surface area contributed by atoms with Crippen molar-refractivity contribution >= 4 is 47.6 Å². The quantitative estimate of drug-likeness (QED) is 0.290. The van der Waals surface area contributed by atoms with Crippen LogP contribution >= 0.6 is 0 Å². The number of esters is 7. The van der Waals surface area contributed by atoms with Gasteiger partial charge in [0.15, 0.2) is 41.4 Å². The van der Waals surface area contributed by atoms with Gasteiger partial charge in [0.05, 0.1) is 22.7 Å². The number of carbonyl (C=O) groups is 8. The number of ketones is 1. The molecule has 1 saturated heterocycles. The Kier molecular flexibility index (Phi) is 11.4. The van der Waals surface area contributed by atoms with Gasteiger partial charge in [-0.15, -0.1) is 0 Å². The van der Waals surface area contributed by atoms with Crippen molar-refractivity contribution in [2.45, 2.75) is 114 Å². The molecule has 1 aromatic carbocycles. The number of rotatable bonds is 7. The van der Waals surface area contributed by atoms with Crippen molar-refractivity contribution < 1.29 is 86.5 Å². The van der Waals surface area contributed by atoms with Gasteiger partial charge in [0.1, 0.15) is 35.9 Å². The van der Waals surface area contributed by atoms with Gasteiger partial charge in [0.25, 0.3) is 0 Å². The molecule has 2 saturated carbocycles. The van der Waals surface area contributed by atoms with Crippen LogP contribution in [0.15, 0.2) is 48.7 Å². The van der Waals surface area contributed by atoms with Crippen LogP contribution < -0.4 is 0 Å². The first kappa shape index (κ1) is 43.8. The first-order valence-corrected chi connectivity index (χ1v) is 19.0. The summed E-state index contributed by atoms with van der Waals surface area (Å²) in [6, 6.07) is 10.1. The van der Waals surface area contributed by atoms with E-state index >= 15 is 4.79 Å². The number of ether oxygens (including phenoxy) is 8. The van der Waals surface area contributed by atoms with Crippen molar-refractivity contribution in [3.63, 3.8) is 0 Å². The average molecular weight is 840 g/mol. The molecular formula is C41H45NO18. The summed E-state index contributed by atoms with van der Waals surface area (Å²) in [6.45, 7) is 5.11. The van der Waals surface area contributed by atoms with Crippen LogP contribution in [0.2, 0.25) is 0 Å². The van der Waals surface area contributed by atoms with Gasteiger partial charge in [0.2, 0.25) is 0 Å². The van der Waals surface area contributed by atoms with E-state index in [2.05, 4.69) is 4.98 Å². The van der Waals surface area contributed by atoms with E-state index in [0.717, 1.165) is 41.5 Å². The Bertz CT molecular complexity index is 2120. The Morgan fingerprint density at radius 2 is 1.45 bits per heavy atom. The van der Waals surface area contributed by atoms with Gasteiger partial charge in [-0.2, -0.15) is 0 Å². The predicted molar refractivity (Wildman–Crippen MR) is 196 cm³/mol. The molecule has 6 rings (SSSR count). The van der Waals surface area contributed by atoms with Crippen LogP contribution in [-0.2, 0) is 73.1 Å². The molecule has 2 aromatic rings. The van der Waals surface area contributed by atoms with E-state index in [0.29, 0.717) is 0 Å². The minimum absolute atomic E-state index is 0.0831. The second-order valence-corrected chi connectivity index (χ2v) is 16.0. The third kappa shape index (κ3) is 7.07. The summed E-state index contributed by atoms with van der Waals surface area (Å²) in [5, 5.41) is 25.1. The molecule has 3 heterocycles. The molecule has 19 nitrogen and oxygen atoms in total. The molecule has 11 atom stereocenters. The fraction of sp³-hybridized carbons (Fsp3) is 0.537. The highest BCUT2D eigenvalue weighted by Crippen LogP contribution is 2.69. The number of hydrogen-bond acceptors (Lipinski definition) is 19. The Morgan fingerprint density at radius 3 is 2.07 bits per heavy atom. The Labute approximate surface area is 342 Å². The number of fused-ring (bicyclic) bond motifs is 5. The highest BCUT2D eigenvalue weighted by atomic mass is 16.7. The van der Waals surface area contributed by atoms with Crippen LogP contribution in [0.3, 0.4) is 0 Å². The van der Waals surface area contributed by atoms with Crippen molar-refractivity contribution in [3.8, 4) is 0 Å². The lowest BCUT2D eigenvalue weighted by molar-refractivity contribution is -0.376. The summed E-state index contributed by atoms with van der Waals surface area (Å²) in [4.78, 5) is 114. The maximum absolute atomic E-state index is 15.3. The van der Waals surface area contributed by atoms with Crippen molar-refractivity contribution in [1.82, 2.24) is 4.98 Å². The summed E-state index contributed by atoms with van der Waals surface area (Å²) < 4.78 is 47.8. The van der Waals surface area contributed by atoms with Crippen LogP contribution in [0.5, 0.6) is 0 Å². The van der Waals surface area contributed by atoms with Gasteiger partial charge >= 0.3 is 41.8 Å². The number of nitrogens with zero attached hydrogens (tertiary/aromatic N) is 1. The van der Waals surface area contributed by atoms with Crippen molar-refractivity contribution in [1.29, 1.82) is 0 Å². The zero-order valence-corrected chi connectivity index (χ0v) is 33.8. The lowest BCUT2D eigenvalue weighted by atomic mass is 9.45. The molecule has 1 spiro atoms. The van der Waals surface area contributed by atoms with Crippen LogP contribution in [-0.4, -0.2) is 129 Å². The smallest absolute Gasteiger partial charge is 0.340 e. The largest absolute Gasteiger partial charge is 0.465 e. The maximum Gasteiger partial charge on any atom is 0.340 e. The summed E-state index contributed by atoms with van der Waals surface area (Å²) in [5.74, 6) is -10.9. The molecule has 3 fully saturated rings. The first-order chi connectivity index (χ1) is 28.0. The predicted octanol–water partition coefficient (Wildman–Crippen LogP) is 0.909. The molecule has 2 aliphatic heterocycles. The maximum atomic E-state index is 15.3. The van der Waals surface area contributed by atoms with E-state index in [1.54, 1.807) is 6.07 Å². The standard InChI is InChI=1S/C41H45NO18/c1-20(43)53-19-40-31(56-22(3)45)28(47)27-30(55-21(2)44)41(40)39(7,52)32(29(33(40)57-23(4)46)58-34(48)24-12-9-8-10-13-24)59-36(50)37(5,51)16-15-26-25(14-11-17-42-26)35(49)54-18-38(27,6)60-41/h8-14,17,27,29-33,51-52H,15-16,18-19H2,1-7H3/t27?,29-,30+,31+,32-,33-,37+,38-,39-,40+,41-/m0/s1. The lowest BCUT2D eigenvalue weighted by Crippen LogP contribution is -2.88. The molecule has 2 N–H and O–H groups in total. The van der Waals surface area contributed by atoms with E-state index < -0.39 is 131 Å². The highest BCUT2D eigenvalue weighted by molar-refractivity contribution is 5.94. The number of aliphatic hydroxyl groups is 2. The number of pyridine rings is 1. The molecule has 0 amide bonds. The second kappa shape index (κ2) is 15.7. The molecule has 0 radical (unpaired) electrons. The Balaban J connectivity index is 1.75. The minimum Gasteiger partial charge on any atom is -0.465 e. The molecule has 1 unspecified atom stereocenters. The zero-order valence-electron chi connectivity index (χ0n) is 33.8. The van der Waals surface area contributed by atoms with Gasteiger partial charge < -0.3 is 48.1 Å². The Hall–Kier alpha value is -5.79. The Morgan fingerprint density at radius 1 is 0.817 bits per heavy atom. The molecule has 4 aliphatic rings. The van der Waals surface area contributed by atoms with Crippen LogP contribution in [0.25, 0.3) is 0 Å². The first-order valence-electron chi connectivity index (χ1n) is 19.0. The normalized spacial score (nSPS) is 35.9. The van der Waals surface area contributed by atoms with E-state index in [9.17, 15) is 43.8 Å². The molecular weight excluding hydrogens is 794 g/mol. The number of hydrogen-bond donors (Lipinski definition) is 2. The zero-order chi connectivity index (χ0) is 44.2. The number of aryl methyl sites for hydroxylation is 1. The summed E-state index contributed by atoms with van der Waals surface area (Å²) in [7, 11) is 0. The fourth-order valence-electron chi connectivity index (χ4n) is 9.17. The number of aromatic nitrogens is 1. The number of Topliss-reactive ketones (excluding diaryl/α,β-unsaturated/α-hetero) is 1. The topological polar surface area (TPSA) is 264 Å². The highest BCUT2D eigenvalue weighted by Gasteiger charge is 2.91. The van der Waals surface area contributed by atoms with Crippen LogP contribution in [0, 0.1) is 11.3 Å². The summed E-state index contributed by atoms with van der Waals surface area (Å²) in [5.41, 5.74) is -13.4. The van der Waals surface area contributed by atoms with Crippen molar-refractivity contribution in [3.05, 3.63) is 65.5 Å². The van der Waals surface area contributed by atoms with E-state index in [4.69, 9.17) is 37.9 Å². The summed E-state index contributed by atoms with van der Waals surface area (Å²) in [6.07, 6.45) is -10.4. The molecule has 2 aliphatic carbocycles. The van der Waals surface area contributed by atoms with Gasteiger partial charge in [-0.1, -0.05) is 18.2 Å². The molecule has 4 bridgehead atoms. The van der Waals surface area contributed by atoms with Crippen LogP contribution in [0.1, 0.15) is 81.3 Å². The minimum atomic E-state index is -2.99. The second-order valence-electron chi connectivity index (χ2n) is 16.0.